The summed E-state index contributed by atoms with van der Waals surface area (Å²) in [6, 6.07) is 1.26. The van der Waals surface area contributed by atoms with E-state index in [9.17, 15) is 8.78 Å². The third kappa shape index (κ3) is 1.86. The molecule has 0 radical (unpaired) electrons. The lowest BCUT2D eigenvalue weighted by Crippen LogP contribution is -1.89. The summed E-state index contributed by atoms with van der Waals surface area (Å²) in [6.45, 7) is 0. The van der Waals surface area contributed by atoms with Gasteiger partial charge in [-0.3, -0.25) is 4.98 Å². The molecule has 11 heavy (non-hydrogen) atoms. The Morgan fingerprint density at radius 1 is 1.45 bits per heavy atom. The lowest BCUT2D eigenvalue weighted by molar-refractivity contribution is 0.150. The van der Waals surface area contributed by atoms with E-state index >= 15 is 0 Å². The van der Waals surface area contributed by atoms with Crippen LogP contribution in [0, 0.1) is 0 Å². The molecule has 1 aromatic rings. The Labute approximate surface area is 62.8 Å². The first-order valence-electron chi connectivity index (χ1n) is 3.01. The lowest BCUT2D eigenvalue weighted by atomic mass is 10.3. The van der Waals surface area contributed by atoms with Crippen molar-refractivity contribution >= 4 is 0 Å². The van der Waals surface area contributed by atoms with E-state index in [0.29, 0.717) is 5.75 Å². The lowest BCUT2D eigenvalue weighted by Gasteiger charge is -2.01. The van der Waals surface area contributed by atoms with Gasteiger partial charge in [0.1, 0.15) is 5.75 Å². The van der Waals surface area contributed by atoms with Crippen LogP contribution in [-0.2, 0) is 0 Å². The van der Waals surface area contributed by atoms with Gasteiger partial charge in [-0.25, -0.2) is 8.78 Å². The van der Waals surface area contributed by atoms with Crippen LogP contribution in [-0.4, -0.2) is 12.1 Å². The minimum Gasteiger partial charge on any atom is -0.495 e. The van der Waals surface area contributed by atoms with Crippen molar-refractivity contribution < 1.29 is 13.5 Å². The first-order chi connectivity index (χ1) is 5.24. The molecule has 0 saturated carbocycles. The highest BCUT2D eigenvalue weighted by Crippen LogP contribution is 2.20. The van der Waals surface area contributed by atoms with E-state index in [4.69, 9.17) is 4.74 Å². The fraction of sp³-hybridized carbons (Fsp3) is 0.286. The maximum atomic E-state index is 12.0. The number of ether oxygens (including phenoxy) is 1. The molecule has 1 heterocycles. The Morgan fingerprint density at radius 2 is 2.18 bits per heavy atom. The van der Waals surface area contributed by atoms with Crippen LogP contribution in [0.4, 0.5) is 8.78 Å². The second-order valence-corrected chi connectivity index (χ2v) is 1.96. The normalized spacial score (nSPS) is 10.2. The molecule has 0 amide bonds. The zero-order chi connectivity index (χ0) is 8.27. The fourth-order valence-electron chi connectivity index (χ4n) is 0.667. The molecule has 0 spiro atoms. The maximum absolute atomic E-state index is 12.0. The predicted molar refractivity (Wildman–Crippen MR) is 35.7 cm³/mol. The third-order valence-corrected chi connectivity index (χ3v) is 1.22. The van der Waals surface area contributed by atoms with Crippen molar-refractivity contribution in [1.29, 1.82) is 0 Å². The van der Waals surface area contributed by atoms with E-state index in [1.165, 1.54) is 19.4 Å². The summed E-state index contributed by atoms with van der Waals surface area (Å²) in [5, 5.41) is 0. The van der Waals surface area contributed by atoms with Crippen LogP contribution in [0.3, 0.4) is 0 Å². The number of halogens is 2. The van der Waals surface area contributed by atoms with Gasteiger partial charge in [-0.05, 0) is 6.07 Å². The second-order valence-electron chi connectivity index (χ2n) is 1.96. The quantitative estimate of drug-likeness (QED) is 0.658. The van der Waals surface area contributed by atoms with Crippen molar-refractivity contribution in [1.82, 2.24) is 4.98 Å². The van der Waals surface area contributed by atoms with Gasteiger partial charge < -0.3 is 4.74 Å². The van der Waals surface area contributed by atoms with Gasteiger partial charge in [-0.15, -0.1) is 0 Å². The number of methoxy groups -OCH3 is 1. The van der Waals surface area contributed by atoms with Gasteiger partial charge in [0, 0.05) is 11.8 Å². The number of nitrogens with zero attached hydrogens (tertiary/aromatic N) is 1. The standard InChI is InChI=1S/C7H7F2NO/c1-11-6-2-5(7(8)9)3-10-4-6/h2-4,7H,1H3. The fourth-order valence-corrected chi connectivity index (χ4v) is 0.667. The van der Waals surface area contributed by atoms with E-state index in [-0.39, 0.29) is 5.56 Å². The number of hydrogen-bond donors (Lipinski definition) is 0. The Balaban J connectivity index is 2.91. The average Bonchev–Trinajstić information content (AvgIpc) is 2.05. The van der Waals surface area contributed by atoms with Gasteiger partial charge in [0.25, 0.3) is 6.43 Å². The Morgan fingerprint density at radius 3 is 2.73 bits per heavy atom. The monoisotopic (exact) mass is 159 g/mol. The maximum Gasteiger partial charge on any atom is 0.265 e. The van der Waals surface area contributed by atoms with Crippen molar-refractivity contribution in [3.05, 3.63) is 24.0 Å². The average molecular weight is 159 g/mol. The highest BCUT2D eigenvalue weighted by atomic mass is 19.3. The molecular weight excluding hydrogens is 152 g/mol. The molecule has 2 nitrogen and oxygen atoms in total. The first-order valence-corrected chi connectivity index (χ1v) is 3.01. The molecule has 0 fully saturated rings. The van der Waals surface area contributed by atoms with Crippen molar-refractivity contribution in [3.8, 4) is 5.75 Å². The summed E-state index contributed by atoms with van der Waals surface area (Å²) >= 11 is 0. The number of hydrogen-bond acceptors (Lipinski definition) is 2. The van der Waals surface area contributed by atoms with E-state index in [0.717, 1.165) is 6.20 Å². The van der Waals surface area contributed by atoms with Gasteiger partial charge in [0.2, 0.25) is 0 Å². The van der Waals surface area contributed by atoms with Crippen LogP contribution in [0.25, 0.3) is 0 Å². The van der Waals surface area contributed by atoms with Crippen molar-refractivity contribution in [2.45, 2.75) is 6.43 Å². The van der Waals surface area contributed by atoms with Gasteiger partial charge in [-0.1, -0.05) is 0 Å². The zero-order valence-electron chi connectivity index (χ0n) is 5.92. The molecule has 60 valence electrons. The number of aromatic nitrogens is 1. The molecule has 4 heteroatoms. The Hall–Kier alpha value is -1.19. The van der Waals surface area contributed by atoms with Gasteiger partial charge >= 0.3 is 0 Å². The summed E-state index contributed by atoms with van der Waals surface area (Å²) in [5.74, 6) is 0.350. The molecule has 0 unspecified atom stereocenters. The van der Waals surface area contributed by atoms with Crippen LogP contribution in [0.5, 0.6) is 5.75 Å². The Bertz CT molecular complexity index is 240. The Kier molecular flexibility index (Phi) is 2.36. The smallest absolute Gasteiger partial charge is 0.265 e. The minimum absolute atomic E-state index is 0.121. The highest BCUT2D eigenvalue weighted by molar-refractivity contribution is 5.23. The topological polar surface area (TPSA) is 22.1 Å². The summed E-state index contributed by atoms with van der Waals surface area (Å²) in [7, 11) is 1.41. The first kappa shape index (κ1) is 7.91. The SMILES string of the molecule is COc1cncc(C(F)F)c1. The molecule has 0 aromatic carbocycles. The minimum atomic E-state index is -2.49. The second kappa shape index (κ2) is 3.27. The summed E-state index contributed by atoms with van der Waals surface area (Å²) in [4.78, 5) is 3.57. The van der Waals surface area contributed by atoms with E-state index in [1.54, 1.807) is 0 Å². The largest absolute Gasteiger partial charge is 0.495 e. The summed E-state index contributed by atoms with van der Waals surface area (Å²) in [6.07, 6.45) is 0.0107. The van der Waals surface area contributed by atoms with Crippen LogP contribution < -0.4 is 4.74 Å². The van der Waals surface area contributed by atoms with Crippen LogP contribution in [0.15, 0.2) is 18.5 Å². The molecule has 0 aliphatic rings. The molecular formula is C7H7F2NO. The van der Waals surface area contributed by atoms with Gasteiger partial charge in [-0.2, -0.15) is 0 Å². The number of alkyl halides is 2. The van der Waals surface area contributed by atoms with Crippen molar-refractivity contribution in [2.75, 3.05) is 7.11 Å². The summed E-state index contributed by atoms with van der Waals surface area (Å²) < 4.78 is 28.7. The molecule has 0 N–H and O–H groups in total. The molecule has 0 aliphatic heterocycles. The molecule has 0 bridgehead atoms. The molecule has 1 aromatic heterocycles. The molecule has 0 atom stereocenters. The van der Waals surface area contributed by atoms with E-state index in [1.807, 2.05) is 0 Å². The zero-order valence-corrected chi connectivity index (χ0v) is 5.92. The van der Waals surface area contributed by atoms with Crippen LogP contribution >= 0.6 is 0 Å². The molecule has 1 rings (SSSR count). The van der Waals surface area contributed by atoms with Gasteiger partial charge in [0.15, 0.2) is 0 Å². The molecule has 0 aliphatic carbocycles. The van der Waals surface area contributed by atoms with Crippen LogP contribution in [0.1, 0.15) is 12.0 Å². The number of rotatable bonds is 2. The van der Waals surface area contributed by atoms with E-state index in [2.05, 4.69) is 4.98 Å². The highest BCUT2D eigenvalue weighted by Gasteiger charge is 2.07. The third-order valence-electron chi connectivity index (χ3n) is 1.22. The number of pyridine rings is 1. The predicted octanol–water partition coefficient (Wildman–Crippen LogP) is 2.03. The summed E-state index contributed by atoms with van der Waals surface area (Å²) in [5.41, 5.74) is -0.121. The van der Waals surface area contributed by atoms with Crippen molar-refractivity contribution in [3.63, 3.8) is 0 Å². The molecule has 0 saturated heterocycles. The van der Waals surface area contributed by atoms with Crippen LogP contribution in [0.2, 0.25) is 0 Å². The van der Waals surface area contributed by atoms with Crippen molar-refractivity contribution in [2.24, 2.45) is 0 Å². The van der Waals surface area contributed by atoms with E-state index < -0.39 is 6.43 Å². The van der Waals surface area contributed by atoms with Gasteiger partial charge in [0.05, 0.1) is 13.3 Å².